The van der Waals surface area contributed by atoms with E-state index in [9.17, 15) is 18.0 Å². The molecule has 0 aliphatic rings. The molecule has 1 atom stereocenters. The van der Waals surface area contributed by atoms with E-state index in [-0.39, 0.29) is 23.8 Å². The average molecular weight is 667 g/mol. The minimum atomic E-state index is -4.18. The molecule has 10 heteroatoms. The van der Waals surface area contributed by atoms with Crippen LogP contribution in [0.3, 0.4) is 0 Å². The lowest BCUT2D eigenvalue weighted by Crippen LogP contribution is -2.53. The van der Waals surface area contributed by atoms with E-state index in [1.165, 1.54) is 17.0 Å². The number of halogens is 2. The van der Waals surface area contributed by atoms with Crippen molar-refractivity contribution < 1.29 is 18.0 Å². The van der Waals surface area contributed by atoms with Crippen LogP contribution in [0, 0.1) is 13.8 Å². The number of anilines is 1. The second kappa shape index (κ2) is 15.4. The molecule has 4 aromatic rings. The highest BCUT2D eigenvalue weighted by atomic mass is 35.5. The van der Waals surface area contributed by atoms with Gasteiger partial charge in [-0.1, -0.05) is 102 Å². The van der Waals surface area contributed by atoms with Crippen molar-refractivity contribution in [3.63, 3.8) is 0 Å². The van der Waals surface area contributed by atoms with Crippen molar-refractivity contribution in [1.82, 2.24) is 10.2 Å². The van der Waals surface area contributed by atoms with Gasteiger partial charge in [0.1, 0.15) is 12.6 Å². The molecular formula is C35H37Cl2N3O4S. The first-order valence-electron chi connectivity index (χ1n) is 14.7. The first kappa shape index (κ1) is 34.0. The minimum absolute atomic E-state index is 0.0437. The quantitative estimate of drug-likeness (QED) is 0.167. The molecule has 0 radical (unpaired) electrons. The molecule has 2 amide bonds. The van der Waals surface area contributed by atoms with Crippen molar-refractivity contribution in [1.29, 1.82) is 0 Å². The number of nitrogens with one attached hydrogen (secondary N) is 1. The lowest BCUT2D eigenvalue weighted by molar-refractivity contribution is -0.140. The maximum Gasteiger partial charge on any atom is 0.264 e. The Morgan fingerprint density at radius 3 is 2.16 bits per heavy atom. The molecule has 4 rings (SSSR count). The summed E-state index contributed by atoms with van der Waals surface area (Å²) >= 11 is 12.7. The van der Waals surface area contributed by atoms with Crippen molar-refractivity contribution in [2.45, 2.75) is 51.1 Å². The van der Waals surface area contributed by atoms with E-state index in [0.717, 1.165) is 15.4 Å². The molecule has 7 nitrogen and oxygen atoms in total. The third-order valence-electron chi connectivity index (χ3n) is 7.41. The lowest BCUT2D eigenvalue weighted by atomic mass is 10.0. The molecule has 236 valence electrons. The van der Waals surface area contributed by atoms with Crippen LogP contribution >= 0.6 is 23.2 Å². The monoisotopic (exact) mass is 665 g/mol. The summed E-state index contributed by atoms with van der Waals surface area (Å²) in [5, 5.41) is 3.69. The van der Waals surface area contributed by atoms with E-state index >= 15 is 0 Å². The zero-order chi connectivity index (χ0) is 32.6. The van der Waals surface area contributed by atoms with E-state index < -0.39 is 28.5 Å². The average Bonchev–Trinajstić information content (AvgIpc) is 3.02. The normalized spacial score (nSPS) is 11.9. The summed E-state index contributed by atoms with van der Waals surface area (Å²) in [5.41, 5.74) is 3.43. The Labute approximate surface area is 275 Å². The number of sulfonamides is 1. The van der Waals surface area contributed by atoms with Crippen molar-refractivity contribution in [2.24, 2.45) is 0 Å². The van der Waals surface area contributed by atoms with Gasteiger partial charge in [0.25, 0.3) is 10.0 Å². The summed E-state index contributed by atoms with van der Waals surface area (Å²) in [6.07, 6.45) is 0.916. The molecule has 0 aromatic heterocycles. The standard InChI is InChI=1S/C35H37Cl2N3O4S/c1-4-19-38-35(42)33(21-27-11-7-5-8-12-27)39(23-28-16-17-29(36)22-31(28)37)34(41)24-40(32-18-15-25(2)20-26(32)3)45(43,44)30-13-9-6-10-14-30/h5-18,20,22,33H,4,19,21,23-24H2,1-3H3,(H,38,42)/t33-/m1/s1. The van der Waals surface area contributed by atoms with E-state index in [1.54, 1.807) is 42.5 Å². The molecule has 45 heavy (non-hydrogen) atoms. The number of aryl methyl sites for hydroxylation is 2. The molecule has 0 heterocycles. The molecular weight excluding hydrogens is 629 g/mol. The summed E-state index contributed by atoms with van der Waals surface area (Å²) in [6.45, 7) is 5.50. The highest BCUT2D eigenvalue weighted by molar-refractivity contribution is 7.92. The van der Waals surface area contributed by atoms with Crippen molar-refractivity contribution in [3.05, 3.63) is 129 Å². The molecule has 0 fully saturated rings. The fourth-order valence-corrected chi connectivity index (χ4v) is 7.04. The molecule has 0 unspecified atom stereocenters. The third-order valence-corrected chi connectivity index (χ3v) is 9.77. The van der Waals surface area contributed by atoms with Gasteiger partial charge >= 0.3 is 0 Å². The van der Waals surface area contributed by atoms with Gasteiger partial charge in [-0.15, -0.1) is 0 Å². The van der Waals surface area contributed by atoms with Crippen LogP contribution in [0.1, 0.15) is 35.6 Å². The van der Waals surface area contributed by atoms with E-state index in [0.29, 0.717) is 39.8 Å². The second-order valence-electron chi connectivity index (χ2n) is 10.9. The molecule has 0 spiro atoms. The molecule has 0 bridgehead atoms. The predicted octanol–water partition coefficient (Wildman–Crippen LogP) is 6.97. The van der Waals surface area contributed by atoms with Crippen LogP contribution in [0.5, 0.6) is 0 Å². The van der Waals surface area contributed by atoms with Crippen molar-refractivity contribution in [3.8, 4) is 0 Å². The van der Waals surface area contributed by atoms with Crippen LogP contribution in [0.4, 0.5) is 5.69 Å². The van der Waals surface area contributed by atoms with Gasteiger partial charge in [0.2, 0.25) is 11.8 Å². The Kier molecular flexibility index (Phi) is 11.7. The predicted molar refractivity (Wildman–Crippen MR) is 181 cm³/mol. The van der Waals surface area contributed by atoms with Crippen LogP contribution in [-0.4, -0.2) is 44.3 Å². The van der Waals surface area contributed by atoms with E-state index in [1.807, 2.05) is 63.2 Å². The highest BCUT2D eigenvalue weighted by Gasteiger charge is 2.35. The number of nitrogens with zero attached hydrogens (tertiary/aromatic N) is 2. The molecule has 0 saturated heterocycles. The van der Waals surface area contributed by atoms with Gasteiger partial charge < -0.3 is 10.2 Å². The highest BCUT2D eigenvalue weighted by Crippen LogP contribution is 2.29. The Bertz CT molecular complexity index is 1730. The zero-order valence-corrected chi connectivity index (χ0v) is 27.9. The van der Waals surface area contributed by atoms with Crippen molar-refractivity contribution >= 4 is 50.7 Å². The van der Waals surface area contributed by atoms with Gasteiger partial charge in [-0.2, -0.15) is 0 Å². The summed E-state index contributed by atoms with van der Waals surface area (Å²) in [5.74, 6) is -0.906. The molecule has 0 aliphatic heterocycles. The number of amides is 2. The Balaban J connectivity index is 1.83. The summed E-state index contributed by atoms with van der Waals surface area (Å²) in [6, 6.07) is 26.8. The van der Waals surface area contributed by atoms with Gasteiger partial charge in [0.05, 0.1) is 10.6 Å². The van der Waals surface area contributed by atoms with Gasteiger partial charge in [-0.25, -0.2) is 8.42 Å². The molecule has 1 N–H and O–H groups in total. The molecule has 4 aromatic carbocycles. The van der Waals surface area contributed by atoms with E-state index in [4.69, 9.17) is 23.2 Å². The fourth-order valence-electron chi connectivity index (χ4n) is 5.07. The van der Waals surface area contributed by atoms with Crippen LogP contribution in [0.2, 0.25) is 10.0 Å². The van der Waals surface area contributed by atoms with E-state index in [2.05, 4.69) is 5.32 Å². The first-order valence-corrected chi connectivity index (χ1v) is 16.9. The Morgan fingerprint density at radius 2 is 1.53 bits per heavy atom. The van der Waals surface area contributed by atoms with Crippen LogP contribution < -0.4 is 9.62 Å². The molecule has 0 saturated carbocycles. The Morgan fingerprint density at radius 1 is 0.867 bits per heavy atom. The van der Waals surface area contributed by atoms with Gasteiger partial charge in [0, 0.05) is 29.6 Å². The number of benzene rings is 4. The number of rotatable bonds is 13. The smallest absolute Gasteiger partial charge is 0.264 e. The van der Waals surface area contributed by atoms with Crippen LogP contribution in [0.15, 0.2) is 102 Å². The summed E-state index contributed by atoms with van der Waals surface area (Å²) in [7, 11) is -4.18. The topological polar surface area (TPSA) is 86.8 Å². The third kappa shape index (κ3) is 8.66. The SMILES string of the molecule is CCCNC(=O)[C@@H](Cc1ccccc1)N(Cc1ccc(Cl)cc1Cl)C(=O)CN(c1ccc(C)cc1C)S(=O)(=O)c1ccccc1. The van der Waals surface area contributed by atoms with Crippen LogP contribution in [-0.2, 0) is 32.6 Å². The Hall–Kier alpha value is -3.85. The zero-order valence-electron chi connectivity index (χ0n) is 25.5. The maximum absolute atomic E-state index is 14.5. The minimum Gasteiger partial charge on any atom is -0.354 e. The maximum atomic E-state index is 14.5. The number of hydrogen-bond acceptors (Lipinski definition) is 4. The summed E-state index contributed by atoms with van der Waals surface area (Å²) < 4.78 is 29.4. The lowest BCUT2D eigenvalue weighted by Gasteiger charge is -2.34. The van der Waals surface area contributed by atoms with Crippen LogP contribution in [0.25, 0.3) is 0 Å². The van der Waals surface area contributed by atoms with Crippen molar-refractivity contribution in [2.75, 3.05) is 17.4 Å². The number of carbonyl (C=O) groups is 2. The van der Waals surface area contributed by atoms with Gasteiger partial charge in [-0.05, 0) is 67.3 Å². The number of hydrogen-bond donors (Lipinski definition) is 1. The van der Waals surface area contributed by atoms with Gasteiger partial charge in [-0.3, -0.25) is 13.9 Å². The van der Waals surface area contributed by atoms with Gasteiger partial charge in [0.15, 0.2) is 0 Å². The fraction of sp³-hybridized carbons (Fsp3) is 0.257. The molecule has 0 aliphatic carbocycles. The number of carbonyl (C=O) groups excluding carboxylic acids is 2. The second-order valence-corrected chi connectivity index (χ2v) is 13.6. The largest absolute Gasteiger partial charge is 0.354 e. The summed E-state index contributed by atoms with van der Waals surface area (Å²) in [4.78, 5) is 29.8. The first-order chi connectivity index (χ1) is 21.5.